The minimum Gasteiger partial charge on any atom is -0.497 e. The number of rotatable bonds is 3. The molecule has 18 heavy (non-hydrogen) atoms. The van der Waals surface area contributed by atoms with Gasteiger partial charge in [-0.1, -0.05) is 28.1 Å². The zero-order valence-electron chi connectivity index (χ0n) is 10.6. The predicted octanol–water partition coefficient (Wildman–Crippen LogP) is 2.62. The van der Waals surface area contributed by atoms with Crippen molar-refractivity contribution in [2.45, 2.75) is 24.1 Å². The van der Waals surface area contributed by atoms with Gasteiger partial charge >= 0.3 is 0 Å². The van der Waals surface area contributed by atoms with Crippen LogP contribution in [-0.4, -0.2) is 35.8 Å². The van der Waals surface area contributed by atoms with Crippen LogP contribution >= 0.6 is 15.9 Å². The molecule has 1 aliphatic rings. The first-order chi connectivity index (χ1) is 8.69. The molecule has 1 fully saturated rings. The van der Waals surface area contributed by atoms with E-state index in [0.717, 1.165) is 37.2 Å². The Hall–Kier alpha value is -1.03. The van der Waals surface area contributed by atoms with Gasteiger partial charge in [0.15, 0.2) is 0 Å². The summed E-state index contributed by atoms with van der Waals surface area (Å²) >= 11 is 3.59. The van der Waals surface area contributed by atoms with Crippen LogP contribution in [0, 0.1) is 0 Å². The number of alkyl halides is 1. The molecule has 0 saturated carbocycles. The second-order valence-electron chi connectivity index (χ2n) is 4.60. The van der Waals surface area contributed by atoms with Gasteiger partial charge in [0, 0.05) is 17.9 Å². The van der Waals surface area contributed by atoms with Crippen LogP contribution in [0.4, 0.5) is 0 Å². The van der Waals surface area contributed by atoms with E-state index in [1.807, 2.05) is 29.2 Å². The van der Waals surface area contributed by atoms with Gasteiger partial charge in [-0.15, -0.1) is 0 Å². The van der Waals surface area contributed by atoms with Crippen molar-refractivity contribution in [1.29, 1.82) is 0 Å². The van der Waals surface area contributed by atoms with E-state index in [1.54, 1.807) is 7.11 Å². The lowest BCUT2D eigenvalue weighted by atomic mass is 10.1. The molecule has 1 aliphatic heterocycles. The van der Waals surface area contributed by atoms with E-state index in [9.17, 15) is 4.79 Å². The fraction of sp³-hybridized carbons (Fsp3) is 0.500. The number of benzene rings is 1. The molecule has 0 radical (unpaired) electrons. The Morgan fingerprint density at radius 2 is 2.17 bits per heavy atom. The number of piperidine rings is 1. The van der Waals surface area contributed by atoms with Crippen LogP contribution in [0.2, 0.25) is 0 Å². The first-order valence-electron chi connectivity index (χ1n) is 6.24. The van der Waals surface area contributed by atoms with E-state index in [1.165, 1.54) is 0 Å². The number of likely N-dealkylation sites (tertiary alicyclic amines) is 1. The van der Waals surface area contributed by atoms with Crippen molar-refractivity contribution in [3.05, 3.63) is 29.8 Å². The van der Waals surface area contributed by atoms with E-state index >= 15 is 0 Å². The summed E-state index contributed by atoms with van der Waals surface area (Å²) in [6.07, 6.45) is 2.72. The number of hydrogen-bond donors (Lipinski definition) is 0. The second-order valence-corrected chi connectivity index (χ2v) is 5.90. The molecular weight excluding hydrogens is 294 g/mol. The Labute approximate surface area is 116 Å². The molecule has 0 N–H and O–H groups in total. The molecule has 3 nitrogen and oxygen atoms in total. The molecule has 1 saturated heterocycles. The molecule has 1 aromatic rings. The number of amides is 1. The molecule has 0 bridgehead atoms. The second kappa shape index (κ2) is 6.23. The molecule has 1 unspecified atom stereocenters. The van der Waals surface area contributed by atoms with E-state index < -0.39 is 0 Å². The SMILES string of the molecule is COc1ccc(CC(=O)N2CCCC(Br)C2)cc1. The van der Waals surface area contributed by atoms with Gasteiger partial charge in [0.05, 0.1) is 13.5 Å². The normalized spacial score (nSPS) is 19.7. The maximum atomic E-state index is 12.1. The van der Waals surface area contributed by atoms with Crippen molar-refractivity contribution in [3.8, 4) is 5.75 Å². The summed E-state index contributed by atoms with van der Waals surface area (Å²) in [5.74, 6) is 1.04. The van der Waals surface area contributed by atoms with Crippen LogP contribution in [0.15, 0.2) is 24.3 Å². The average molecular weight is 312 g/mol. The number of carbonyl (C=O) groups excluding carboxylic acids is 1. The predicted molar refractivity (Wildman–Crippen MR) is 75.2 cm³/mol. The Kier molecular flexibility index (Phi) is 4.64. The van der Waals surface area contributed by atoms with Crippen LogP contribution in [0.25, 0.3) is 0 Å². The summed E-state index contributed by atoms with van der Waals surface area (Å²) in [5.41, 5.74) is 1.04. The highest BCUT2D eigenvalue weighted by molar-refractivity contribution is 9.09. The van der Waals surface area contributed by atoms with Gasteiger partial charge in [0.1, 0.15) is 5.75 Å². The average Bonchev–Trinajstić information content (AvgIpc) is 2.39. The van der Waals surface area contributed by atoms with Crippen LogP contribution < -0.4 is 4.74 Å². The van der Waals surface area contributed by atoms with Crippen molar-refractivity contribution in [2.75, 3.05) is 20.2 Å². The monoisotopic (exact) mass is 311 g/mol. The highest BCUT2D eigenvalue weighted by atomic mass is 79.9. The van der Waals surface area contributed by atoms with Gasteiger partial charge in [0.25, 0.3) is 0 Å². The van der Waals surface area contributed by atoms with Gasteiger partial charge in [-0.05, 0) is 30.5 Å². The Morgan fingerprint density at radius 3 is 2.78 bits per heavy atom. The lowest BCUT2D eigenvalue weighted by Crippen LogP contribution is -2.41. The summed E-state index contributed by atoms with van der Waals surface area (Å²) < 4.78 is 5.10. The van der Waals surface area contributed by atoms with E-state index in [0.29, 0.717) is 11.2 Å². The summed E-state index contributed by atoms with van der Waals surface area (Å²) in [6.45, 7) is 1.71. The number of carbonyl (C=O) groups is 1. The number of hydrogen-bond acceptors (Lipinski definition) is 2. The largest absolute Gasteiger partial charge is 0.497 e. The molecule has 1 amide bonds. The fourth-order valence-corrected chi connectivity index (χ4v) is 2.85. The van der Waals surface area contributed by atoms with E-state index in [2.05, 4.69) is 15.9 Å². The Morgan fingerprint density at radius 1 is 1.44 bits per heavy atom. The third kappa shape index (κ3) is 3.48. The Bertz CT molecular complexity index is 405. The van der Waals surface area contributed by atoms with Crippen molar-refractivity contribution in [1.82, 2.24) is 4.90 Å². The first-order valence-corrected chi connectivity index (χ1v) is 7.15. The Balaban J connectivity index is 1.93. The smallest absolute Gasteiger partial charge is 0.227 e. The highest BCUT2D eigenvalue weighted by Gasteiger charge is 2.21. The van der Waals surface area contributed by atoms with Gasteiger partial charge in [-0.2, -0.15) is 0 Å². The minimum absolute atomic E-state index is 0.212. The minimum atomic E-state index is 0.212. The molecule has 1 aromatic carbocycles. The molecule has 1 atom stereocenters. The third-order valence-electron chi connectivity index (χ3n) is 3.23. The third-order valence-corrected chi connectivity index (χ3v) is 3.98. The quantitative estimate of drug-likeness (QED) is 0.803. The highest BCUT2D eigenvalue weighted by Crippen LogP contribution is 2.18. The van der Waals surface area contributed by atoms with Crippen molar-refractivity contribution in [3.63, 3.8) is 0 Å². The zero-order chi connectivity index (χ0) is 13.0. The number of ether oxygens (including phenoxy) is 1. The summed E-state index contributed by atoms with van der Waals surface area (Å²) in [7, 11) is 1.64. The molecule has 0 aromatic heterocycles. The molecular formula is C14H18BrNO2. The molecule has 2 rings (SSSR count). The molecule has 1 heterocycles. The van der Waals surface area contributed by atoms with E-state index in [-0.39, 0.29) is 5.91 Å². The molecule has 0 spiro atoms. The number of methoxy groups -OCH3 is 1. The number of nitrogens with zero attached hydrogens (tertiary/aromatic N) is 1. The standard InChI is InChI=1S/C14H18BrNO2/c1-18-13-6-4-11(5-7-13)9-14(17)16-8-2-3-12(15)10-16/h4-7,12H,2-3,8-10H2,1H3. The summed E-state index contributed by atoms with van der Waals surface area (Å²) in [6, 6.07) is 7.69. The van der Waals surface area contributed by atoms with Crippen molar-refractivity contribution in [2.24, 2.45) is 0 Å². The first kappa shape index (κ1) is 13.4. The number of halogens is 1. The van der Waals surface area contributed by atoms with Gasteiger partial charge in [-0.3, -0.25) is 4.79 Å². The summed E-state index contributed by atoms with van der Waals surface area (Å²) in [4.78, 5) is 14.5. The zero-order valence-corrected chi connectivity index (χ0v) is 12.1. The fourth-order valence-electron chi connectivity index (χ4n) is 2.18. The summed E-state index contributed by atoms with van der Waals surface area (Å²) in [5, 5.41) is 0. The van der Waals surface area contributed by atoms with Gasteiger partial charge < -0.3 is 9.64 Å². The lowest BCUT2D eigenvalue weighted by molar-refractivity contribution is -0.131. The van der Waals surface area contributed by atoms with Gasteiger partial charge in [0.2, 0.25) is 5.91 Å². The van der Waals surface area contributed by atoms with Gasteiger partial charge in [-0.25, -0.2) is 0 Å². The van der Waals surface area contributed by atoms with Crippen LogP contribution in [0.3, 0.4) is 0 Å². The van der Waals surface area contributed by atoms with Crippen molar-refractivity contribution < 1.29 is 9.53 Å². The van der Waals surface area contributed by atoms with Crippen LogP contribution in [0.1, 0.15) is 18.4 Å². The lowest BCUT2D eigenvalue weighted by Gasteiger charge is -2.30. The maximum Gasteiger partial charge on any atom is 0.227 e. The van der Waals surface area contributed by atoms with Crippen LogP contribution in [-0.2, 0) is 11.2 Å². The van der Waals surface area contributed by atoms with Crippen LogP contribution in [0.5, 0.6) is 5.75 Å². The van der Waals surface area contributed by atoms with Crippen molar-refractivity contribution >= 4 is 21.8 Å². The topological polar surface area (TPSA) is 29.5 Å². The molecule has 0 aliphatic carbocycles. The van der Waals surface area contributed by atoms with E-state index in [4.69, 9.17) is 4.74 Å². The molecule has 4 heteroatoms. The maximum absolute atomic E-state index is 12.1. The molecule has 98 valence electrons.